The minimum atomic E-state index is -1.44. The van der Waals surface area contributed by atoms with E-state index in [1.54, 1.807) is 24.3 Å². The Bertz CT molecular complexity index is 1130. The van der Waals surface area contributed by atoms with Crippen LogP contribution in [-0.2, 0) is 24.7 Å². The van der Waals surface area contributed by atoms with Crippen LogP contribution in [0.25, 0.3) is 0 Å². The average Bonchev–Trinajstić information content (AvgIpc) is 3.32. The lowest BCUT2D eigenvalue weighted by atomic mass is 9.76. The molecule has 2 fully saturated rings. The summed E-state index contributed by atoms with van der Waals surface area (Å²) < 4.78 is 13.4. The highest BCUT2D eigenvalue weighted by molar-refractivity contribution is 6.25. The number of carbonyl (C=O) groups excluding carboxylic acids is 4. The fourth-order valence-corrected chi connectivity index (χ4v) is 5.15. The second kappa shape index (κ2) is 6.71. The van der Waals surface area contributed by atoms with Crippen molar-refractivity contribution >= 4 is 35.0 Å². The van der Waals surface area contributed by atoms with Gasteiger partial charge in [0.15, 0.2) is 0 Å². The number of halogens is 1. The standard InChI is InChI=1S/C22H19FN4O4/c23-11-5-7-12(8-6-11)27-19(29)17-15(9-10-16(24)28)26-22(18(17)20(27)30)13-3-1-2-4-14(13)25-21(22)31/h1-8,15,17-18,26H,9-10H2,(H2,24,28)(H,25,31)/t15-,17+,18-,22-/m0/s1. The van der Waals surface area contributed by atoms with Crippen LogP contribution in [0.2, 0.25) is 0 Å². The van der Waals surface area contributed by atoms with Gasteiger partial charge in [-0.1, -0.05) is 18.2 Å². The lowest BCUT2D eigenvalue weighted by molar-refractivity contribution is -0.130. The molecule has 3 aliphatic rings. The van der Waals surface area contributed by atoms with Crippen LogP contribution >= 0.6 is 0 Å². The third-order valence-corrected chi connectivity index (χ3v) is 6.41. The molecule has 158 valence electrons. The highest BCUT2D eigenvalue weighted by Crippen LogP contribution is 2.53. The Morgan fingerprint density at radius 3 is 2.48 bits per heavy atom. The largest absolute Gasteiger partial charge is 0.370 e. The van der Waals surface area contributed by atoms with Crippen molar-refractivity contribution in [2.45, 2.75) is 24.4 Å². The van der Waals surface area contributed by atoms with E-state index in [1.807, 2.05) is 0 Å². The smallest absolute Gasteiger partial charge is 0.250 e. The Hall–Kier alpha value is -3.59. The maximum Gasteiger partial charge on any atom is 0.250 e. The van der Waals surface area contributed by atoms with E-state index in [2.05, 4.69) is 10.6 Å². The summed E-state index contributed by atoms with van der Waals surface area (Å²) in [7, 11) is 0. The van der Waals surface area contributed by atoms with Crippen LogP contribution in [-0.4, -0.2) is 29.7 Å². The van der Waals surface area contributed by atoms with Crippen molar-refractivity contribution in [3.05, 3.63) is 59.9 Å². The van der Waals surface area contributed by atoms with Gasteiger partial charge in [-0.25, -0.2) is 9.29 Å². The van der Waals surface area contributed by atoms with Gasteiger partial charge in [-0.2, -0.15) is 0 Å². The van der Waals surface area contributed by atoms with Gasteiger partial charge in [0.1, 0.15) is 11.4 Å². The number of nitrogens with zero attached hydrogens (tertiary/aromatic N) is 1. The van der Waals surface area contributed by atoms with E-state index < -0.39 is 52.9 Å². The van der Waals surface area contributed by atoms with Gasteiger partial charge in [-0.15, -0.1) is 0 Å². The van der Waals surface area contributed by atoms with Crippen molar-refractivity contribution in [1.82, 2.24) is 5.32 Å². The first kappa shape index (κ1) is 19.4. The molecule has 4 amide bonds. The zero-order chi connectivity index (χ0) is 21.9. The Morgan fingerprint density at radius 2 is 1.77 bits per heavy atom. The van der Waals surface area contributed by atoms with Crippen LogP contribution in [0.1, 0.15) is 18.4 Å². The summed E-state index contributed by atoms with van der Waals surface area (Å²) in [6.07, 6.45) is 0.197. The van der Waals surface area contributed by atoms with E-state index in [-0.39, 0.29) is 18.5 Å². The Balaban J connectivity index is 1.64. The predicted molar refractivity (Wildman–Crippen MR) is 108 cm³/mol. The number of anilines is 2. The summed E-state index contributed by atoms with van der Waals surface area (Å²) in [6.45, 7) is 0. The van der Waals surface area contributed by atoms with E-state index in [1.165, 1.54) is 24.3 Å². The van der Waals surface area contributed by atoms with Gasteiger partial charge in [-0.3, -0.25) is 24.5 Å². The molecule has 2 aromatic carbocycles. The molecule has 2 aromatic rings. The van der Waals surface area contributed by atoms with Gasteiger partial charge in [0.05, 0.1) is 17.5 Å². The van der Waals surface area contributed by atoms with E-state index in [0.717, 1.165) is 4.90 Å². The zero-order valence-electron chi connectivity index (χ0n) is 16.3. The fourth-order valence-electron chi connectivity index (χ4n) is 5.15. The zero-order valence-corrected chi connectivity index (χ0v) is 16.3. The molecule has 0 saturated carbocycles. The number of fused-ring (bicyclic) bond motifs is 4. The Kier molecular flexibility index (Phi) is 4.19. The number of imide groups is 1. The first-order valence-electron chi connectivity index (χ1n) is 9.95. The first-order valence-corrected chi connectivity index (χ1v) is 9.95. The van der Waals surface area contributed by atoms with Crippen molar-refractivity contribution < 1.29 is 23.6 Å². The summed E-state index contributed by atoms with van der Waals surface area (Å²) in [5, 5.41) is 6.02. The molecule has 1 spiro atoms. The van der Waals surface area contributed by atoms with Gasteiger partial charge in [-0.05, 0) is 36.8 Å². The van der Waals surface area contributed by atoms with Crippen LogP contribution < -0.4 is 21.3 Å². The van der Waals surface area contributed by atoms with Crippen molar-refractivity contribution in [1.29, 1.82) is 0 Å². The van der Waals surface area contributed by atoms with Crippen LogP contribution in [0.4, 0.5) is 15.8 Å². The summed E-state index contributed by atoms with van der Waals surface area (Å²) in [4.78, 5) is 52.6. The number of nitrogens with two attached hydrogens (primary N) is 1. The molecular formula is C22H19FN4O4. The van der Waals surface area contributed by atoms with Crippen LogP contribution in [0, 0.1) is 17.7 Å². The van der Waals surface area contributed by atoms with Gasteiger partial charge < -0.3 is 11.1 Å². The molecule has 3 aliphatic heterocycles. The van der Waals surface area contributed by atoms with Crippen LogP contribution in [0.15, 0.2) is 48.5 Å². The number of primary amides is 1. The topological polar surface area (TPSA) is 122 Å². The van der Waals surface area contributed by atoms with E-state index in [9.17, 15) is 23.6 Å². The molecule has 0 aromatic heterocycles. The van der Waals surface area contributed by atoms with Gasteiger partial charge in [0.2, 0.25) is 23.6 Å². The Morgan fingerprint density at radius 1 is 1.06 bits per heavy atom. The minimum absolute atomic E-state index is 0.00173. The molecule has 2 saturated heterocycles. The highest BCUT2D eigenvalue weighted by atomic mass is 19.1. The summed E-state index contributed by atoms with van der Waals surface area (Å²) in [6, 6.07) is 11.4. The van der Waals surface area contributed by atoms with Gasteiger partial charge in [0, 0.05) is 23.7 Å². The lowest BCUT2D eigenvalue weighted by Crippen LogP contribution is -2.53. The molecule has 0 bridgehead atoms. The van der Waals surface area contributed by atoms with Crippen molar-refractivity contribution in [3.8, 4) is 0 Å². The maximum atomic E-state index is 13.6. The van der Waals surface area contributed by atoms with Gasteiger partial charge >= 0.3 is 0 Å². The molecule has 4 N–H and O–H groups in total. The average molecular weight is 422 g/mol. The first-order chi connectivity index (χ1) is 14.8. The monoisotopic (exact) mass is 422 g/mol. The maximum absolute atomic E-state index is 13.6. The molecule has 31 heavy (non-hydrogen) atoms. The van der Waals surface area contributed by atoms with Gasteiger partial charge in [0.25, 0.3) is 0 Å². The second-order valence-electron chi connectivity index (χ2n) is 8.06. The number of rotatable bonds is 4. The van der Waals surface area contributed by atoms with E-state index in [4.69, 9.17) is 5.73 Å². The number of hydrogen-bond donors (Lipinski definition) is 3. The lowest BCUT2D eigenvalue weighted by Gasteiger charge is -2.29. The van der Waals surface area contributed by atoms with Crippen molar-refractivity contribution in [2.24, 2.45) is 17.6 Å². The number of amides is 4. The number of nitrogens with one attached hydrogen (secondary N) is 2. The second-order valence-corrected chi connectivity index (χ2v) is 8.06. The van der Waals surface area contributed by atoms with Crippen molar-refractivity contribution in [3.63, 3.8) is 0 Å². The third kappa shape index (κ3) is 2.63. The molecule has 0 radical (unpaired) electrons. The predicted octanol–water partition coefficient (Wildman–Crippen LogP) is 1.02. The molecule has 0 unspecified atom stereocenters. The van der Waals surface area contributed by atoms with Crippen molar-refractivity contribution in [2.75, 3.05) is 10.2 Å². The number of carbonyl (C=O) groups is 4. The summed E-state index contributed by atoms with van der Waals surface area (Å²) in [5.74, 6) is -4.36. The molecular weight excluding hydrogens is 403 g/mol. The molecule has 0 aliphatic carbocycles. The number of hydrogen-bond acceptors (Lipinski definition) is 5. The number of benzene rings is 2. The van der Waals surface area contributed by atoms with Crippen LogP contribution in [0.3, 0.4) is 0 Å². The van der Waals surface area contributed by atoms with E-state index in [0.29, 0.717) is 11.3 Å². The summed E-state index contributed by atoms with van der Waals surface area (Å²) in [5.41, 5.74) is 5.25. The van der Waals surface area contributed by atoms with E-state index >= 15 is 0 Å². The third-order valence-electron chi connectivity index (χ3n) is 6.41. The molecule has 3 heterocycles. The normalized spacial score (nSPS) is 28.7. The minimum Gasteiger partial charge on any atom is -0.370 e. The SMILES string of the molecule is NC(=O)CC[C@@H]1N[C@]2(C(=O)Nc3ccccc32)[C@@H]2C(=O)N(c3ccc(F)cc3)C(=O)[C@H]12. The fraction of sp³-hybridized carbons (Fsp3) is 0.273. The number of para-hydroxylation sites is 1. The highest BCUT2D eigenvalue weighted by Gasteiger charge is 2.70. The Labute approximate surface area is 176 Å². The van der Waals surface area contributed by atoms with Crippen LogP contribution in [0.5, 0.6) is 0 Å². The molecule has 5 rings (SSSR count). The quantitative estimate of drug-likeness (QED) is 0.635. The summed E-state index contributed by atoms with van der Waals surface area (Å²) >= 11 is 0. The molecule has 4 atom stereocenters. The molecule has 9 heteroatoms. The molecule has 8 nitrogen and oxygen atoms in total.